The van der Waals surface area contributed by atoms with Crippen LogP contribution in [0.2, 0.25) is 0 Å². The van der Waals surface area contributed by atoms with Gasteiger partial charge >= 0.3 is 11.8 Å². The number of nitrogens with zero attached hydrogens (tertiary/aromatic N) is 2. The second-order valence-electron chi connectivity index (χ2n) is 5.35. The molecule has 0 saturated heterocycles. The highest BCUT2D eigenvalue weighted by Gasteiger charge is 2.16. The molecule has 132 valence electrons. The number of carbonyl (C=O) groups is 1. The van der Waals surface area contributed by atoms with Gasteiger partial charge in [-0.1, -0.05) is 40.2 Å². The van der Waals surface area contributed by atoms with E-state index in [-0.39, 0.29) is 18.0 Å². The molecular weight excluding hydrogens is 400 g/mol. The molecule has 3 aromatic rings. The molecule has 6 nitrogen and oxygen atoms in total. The number of carbonyl (C=O) groups excluding carboxylic acids is 1. The number of benzene rings is 2. The van der Waals surface area contributed by atoms with Gasteiger partial charge < -0.3 is 14.7 Å². The summed E-state index contributed by atoms with van der Waals surface area (Å²) in [4.78, 5) is 16.3. The van der Waals surface area contributed by atoms with E-state index in [9.17, 15) is 10.0 Å². The van der Waals surface area contributed by atoms with Gasteiger partial charge in [-0.25, -0.2) is 9.52 Å². The van der Waals surface area contributed by atoms with E-state index in [1.807, 2.05) is 24.3 Å². The lowest BCUT2D eigenvalue weighted by Gasteiger charge is -2.11. The first-order valence-corrected chi connectivity index (χ1v) is 8.59. The summed E-state index contributed by atoms with van der Waals surface area (Å²) in [6.07, 6.45) is 2.76. The maximum Gasteiger partial charge on any atom is 0.342 e. The molecule has 0 atom stereocenters. The Morgan fingerprint density at radius 3 is 2.77 bits per heavy atom. The second kappa shape index (κ2) is 8.44. The summed E-state index contributed by atoms with van der Waals surface area (Å²) in [5, 5.41) is 11.6. The molecule has 1 heterocycles. The Hall–Kier alpha value is -2.93. The van der Waals surface area contributed by atoms with Gasteiger partial charge in [0.05, 0.1) is 6.20 Å². The topological polar surface area (TPSA) is 75.4 Å². The average Bonchev–Trinajstić information content (AvgIpc) is 2.66. The summed E-state index contributed by atoms with van der Waals surface area (Å²) in [5.41, 5.74) is 1.25. The Morgan fingerprint density at radius 1 is 1.12 bits per heavy atom. The molecule has 0 radical (unpaired) electrons. The molecule has 0 spiro atoms. The van der Waals surface area contributed by atoms with Gasteiger partial charge in [-0.15, -0.1) is 0 Å². The zero-order chi connectivity index (χ0) is 18.4. The Bertz CT molecular complexity index is 917. The van der Waals surface area contributed by atoms with Crippen LogP contribution in [0.4, 0.5) is 0 Å². The summed E-state index contributed by atoms with van der Waals surface area (Å²) in [6.45, 7) is 0.0909. The molecule has 0 aliphatic heterocycles. The third kappa shape index (κ3) is 4.58. The normalized spacial score (nSPS) is 10.3. The van der Waals surface area contributed by atoms with Crippen molar-refractivity contribution >= 4 is 21.9 Å². The van der Waals surface area contributed by atoms with Crippen LogP contribution in [0.1, 0.15) is 21.7 Å². The van der Waals surface area contributed by atoms with Crippen LogP contribution in [0.25, 0.3) is 0 Å². The molecule has 0 unspecified atom stereocenters. The van der Waals surface area contributed by atoms with Crippen molar-refractivity contribution in [2.75, 3.05) is 0 Å². The third-order valence-corrected chi connectivity index (χ3v) is 4.00. The Morgan fingerprint density at radius 2 is 1.96 bits per heavy atom. The van der Waals surface area contributed by atoms with E-state index in [1.165, 1.54) is 18.5 Å². The van der Waals surface area contributed by atoms with Crippen LogP contribution in [-0.2, 0) is 18.0 Å². The van der Waals surface area contributed by atoms with E-state index >= 15 is 0 Å². The highest BCUT2D eigenvalue weighted by molar-refractivity contribution is 9.10. The van der Waals surface area contributed by atoms with Crippen LogP contribution in [0.5, 0.6) is 5.75 Å². The van der Waals surface area contributed by atoms with Crippen molar-refractivity contribution in [3.8, 4) is 5.75 Å². The van der Waals surface area contributed by atoms with Crippen LogP contribution in [-0.4, -0.2) is 11.0 Å². The smallest absolute Gasteiger partial charge is 0.342 e. The van der Waals surface area contributed by atoms with Gasteiger partial charge in [0.2, 0.25) is 0 Å². The molecule has 7 heteroatoms. The van der Waals surface area contributed by atoms with E-state index in [4.69, 9.17) is 9.47 Å². The Kier molecular flexibility index (Phi) is 5.80. The molecule has 0 bridgehead atoms. The fourth-order valence-electron chi connectivity index (χ4n) is 2.25. The molecule has 3 rings (SSSR count). The van der Waals surface area contributed by atoms with Gasteiger partial charge in [0.25, 0.3) is 0 Å². The molecule has 0 saturated carbocycles. The quantitative estimate of drug-likeness (QED) is 0.351. The number of ether oxygens (including phenoxy) is 2. The molecule has 0 N–H and O–H groups in total. The van der Waals surface area contributed by atoms with E-state index in [1.54, 1.807) is 24.3 Å². The highest BCUT2D eigenvalue weighted by Crippen LogP contribution is 2.21. The van der Waals surface area contributed by atoms with Gasteiger partial charge in [-0.2, -0.15) is 0 Å². The van der Waals surface area contributed by atoms with Crippen LogP contribution < -0.4 is 9.47 Å². The summed E-state index contributed by atoms with van der Waals surface area (Å²) < 4.78 is 12.5. The van der Waals surface area contributed by atoms with Crippen molar-refractivity contribution in [2.45, 2.75) is 13.2 Å². The lowest BCUT2D eigenvalue weighted by molar-refractivity contribution is -0.620. The predicted octanol–water partition coefficient (Wildman–Crippen LogP) is 3.41. The number of para-hydroxylation sites is 1. The first-order valence-electron chi connectivity index (χ1n) is 7.80. The molecule has 26 heavy (non-hydrogen) atoms. The largest absolute Gasteiger partial charge is 0.711 e. The Balaban J connectivity index is 1.68. The molecule has 0 aliphatic rings. The van der Waals surface area contributed by atoms with Gasteiger partial charge in [-0.3, -0.25) is 0 Å². The van der Waals surface area contributed by atoms with Gasteiger partial charge in [0, 0.05) is 10.5 Å². The van der Waals surface area contributed by atoms with Gasteiger partial charge in [-0.05, 0) is 34.8 Å². The van der Waals surface area contributed by atoms with Crippen molar-refractivity contribution in [3.05, 3.63) is 93.6 Å². The SMILES string of the molecule is O=C(OCc1nccc[n+]1[O-])c1ccccc1OCc1cccc(Br)c1. The minimum absolute atomic E-state index is 0.105. The monoisotopic (exact) mass is 414 g/mol. The first kappa shape index (κ1) is 17.9. The fourth-order valence-corrected chi connectivity index (χ4v) is 2.69. The van der Waals surface area contributed by atoms with Crippen molar-refractivity contribution in [2.24, 2.45) is 0 Å². The minimum Gasteiger partial charge on any atom is -0.711 e. The number of halogens is 1. The number of esters is 1. The van der Waals surface area contributed by atoms with Crippen LogP contribution >= 0.6 is 15.9 Å². The molecule has 0 fully saturated rings. The van der Waals surface area contributed by atoms with Crippen molar-refractivity contribution in [1.82, 2.24) is 4.98 Å². The minimum atomic E-state index is -0.583. The summed E-state index contributed by atoms with van der Waals surface area (Å²) in [6, 6.07) is 16.0. The Labute approximate surface area is 158 Å². The number of aromatic nitrogens is 2. The van der Waals surface area contributed by atoms with Crippen LogP contribution in [0, 0.1) is 5.21 Å². The third-order valence-electron chi connectivity index (χ3n) is 3.51. The number of hydrogen-bond donors (Lipinski definition) is 0. The van der Waals surface area contributed by atoms with Gasteiger partial charge in [0.1, 0.15) is 24.1 Å². The van der Waals surface area contributed by atoms with Crippen molar-refractivity contribution in [3.63, 3.8) is 0 Å². The predicted molar refractivity (Wildman–Crippen MR) is 97.2 cm³/mol. The van der Waals surface area contributed by atoms with Gasteiger partial charge in [0.15, 0.2) is 6.61 Å². The highest BCUT2D eigenvalue weighted by atomic mass is 79.9. The van der Waals surface area contributed by atoms with Crippen molar-refractivity contribution < 1.29 is 19.0 Å². The molecular formula is C19H15BrN2O4. The van der Waals surface area contributed by atoms with E-state index in [2.05, 4.69) is 20.9 Å². The molecule has 0 aliphatic carbocycles. The van der Waals surface area contributed by atoms with Crippen LogP contribution in [0.15, 0.2) is 71.5 Å². The van der Waals surface area contributed by atoms with Crippen LogP contribution in [0.3, 0.4) is 0 Å². The summed E-state index contributed by atoms with van der Waals surface area (Å²) in [7, 11) is 0. The zero-order valence-electron chi connectivity index (χ0n) is 13.7. The van der Waals surface area contributed by atoms with E-state index in [0.717, 1.165) is 10.0 Å². The number of rotatable bonds is 6. The number of hydrogen-bond acceptors (Lipinski definition) is 5. The zero-order valence-corrected chi connectivity index (χ0v) is 15.3. The van der Waals surface area contributed by atoms with E-state index in [0.29, 0.717) is 17.1 Å². The van der Waals surface area contributed by atoms with Crippen molar-refractivity contribution in [1.29, 1.82) is 0 Å². The maximum atomic E-state index is 12.4. The lowest BCUT2D eigenvalue weighted by Crippen LogP contribution is -2.33. The summed E-state index contributed by atoms with van der Waals surface area (Å²) >= 11 is 3.41. The first-order chi connectivity index (χ1) is 12.6. The standard InChI is InChI=1S/C19H15BrN2O4/c20-15-6-3-5-14(11-15)12-25-17-8-2-1-7-16(17)19(23)26-13-18-21-9-4-10-22(18)24/h1-11H,12-13H2. The molecule has 0 amide bonds. The molecule has 2 aromatic carbocycles. The summed E-state index contributed by atoms with van der Waals surface area (Å²) in [5.74, 6) is -0.0672. The fraction of sp³-hybridized carbons (Fsp3) is 0.105. The lowest BCUT2D eigenvalue weighted by atomic mass is 10.2. The second-order valence-corrected chi connectivity index (χ2v) is 6.27. The average molecular weight is 415 g/mol. The van der Waals surface area contributed by atoms with E-state index < -0.39 is 5.97 Å². The maximum absolute atomic E-state index is 12.4. The molecule has 1 aromatic heterocycles.